The summed E-state index contributed by atoms with van der Waals surface area (Å²) in [7, 11) is 0. The number of amides is 4. The lowest BCUT2D eigenvalue weighted by Gasteiger charge is -2.28. The van der Waals surface area contributed by atoms with Gasteiger partial charge in [0.15, 0.2) is 0 Å². The number of thiol groups is 1. The predicted molar refractivity (Wildman–Crippen MR) is 269 cm³/mol. The van der Waals surface area contributed by atoms with Crippen molar-refractivity contribution >= 4 is 54.4 Å². The van der Waals surface area contributed by atoms with Crippen molar-refractivity contribution in [1.82, 2.24) is 26.0 Å². The van der Waals surface area contributed by atoms with E-state index in [-0.39, 0.29) is 74.5 Å². The molecular weight excluding hydrogens is 927 g/mol. The molecule has 8 N–H and O–H groups in total. The predicted octanol–water partition coefficient (Wildman–Crippen LogP) is 6.11. The molecule has 1 fully saturated rings. The number of hydrogen-bond donors (Lipinski definition) is 9. The standard InChI is InChI=1S/C50H91N5O14S/c56-44(20-15-13-11-9-7-5-3-1-2-4-6-8-10-12-14-16-21-47(59)60)53-39-40-22-24-41(25-23-40)48(61)54-42(49(62)63)26-27-45(57)52-30-32-67-34-36-69-38-37-68-35-33-66-31-28-46(58)51-29-18-17-19-43(55-70)50(64)65/h40-43,55,70H,1-39H2,(H,51,58)(H,52,57)(H,53,56)(H,54,61)(H,59,60)(H,62,63)(H,64,65)/t40-,41-,42-,43-/m0/s1. The maximum absolute atomic E-state index is 13.0. The first-order chi connectivity index (χ1) is 33.9. The molecule has 0 aromatic rings. The minimum absolute atomic E-state index is 0.0338. The quantitative estimate of drug-likeness (QED) is 0.0246. The van der Waals surface area contributed by atoms with Crippen molar-refractivity contribution in [2.75, 3.05) is 72.5 Å². The number of carbonyl (C=O) groups is 7. The van der Waals surface area contributed by atoms with Crippen LogP contribution in [0.5, 0.6) is 0 Å². The van der Waals surface area contributed by atoms with Gasteiger partial charge in [0.1, 0.15) is 12.1 Å². The number of carbonyl (C=O) groups excluding carboxylic acids is 4. The van der Waals surface area contributed by atoms with Crippen LogP contribution in [0.1, 0.15) is 180 Å². The molecule has 0 heterocycles. The maximum atomic E-state index is 13.0. The van der Waals surface area contributed by atoms with Crippen LogP contribution >= 0.6 is 12.8 Å². The van der Waals surface area contributed by atoms with Gasteiger partial charge in [-0.1, -0.05) is 103 Å². The van der Waals surface area contributed by atoms with E-state index in [9.17, 15) is 38.7 Å². The van der Waals surface area contributed by atoms with Gasteiger partial charge in [0, 0.05) is 51.2 Å². The van der Waals surface area contributed by atoms with Gasteiger partial charge < -0.3 is 55.5 Å². The summed E-state index contributed by atoms with van der Waals surface area (Å²) in [5.74, 6) is -3.56. The van der Waals surface area contributed by atoms with Gasteiger partial charge in [-0.25, -0.2) is 4.79 Å². The highest BCUT2D eigenvalue weighted by Gasteiger charge is 2.30. The minimum atomic E-state index is -1.19. The first kappa shape index (κ1) is 64.5. The zero-order chi connectivity index (χ0) is 51.3. The van der Waals surface area contributed by atoms with E-state index in [0.29, 0.717) is 97.7 Å². The summed E-state index contributed by atoms with van der Waals surface area (Å²) in [5, 5.41) is 38.5. The highest BCUT2D eigenvalue weighted by molar-refractivity contribution is 7.78. The van der Waals surface area contributed by atoms with Crippen LogP contribution in [-0.2, 0) is 52.5 Å². The zero-order valence-corrected chi connectivity index (χ0v) is 43.1. The van der Waals surface area contributed by atoms with Gasteiger partial charge in [0.05, 0.1) is 52.9 Å². The maximum Gasteiger partial charge on any atom is 0.326 e. The van der Waals surface area contributed by atoms with Crippen LogP contribution in [0.25, 0.3) is 0 Å². The molecule has 1 rings (SSSR count). The number of nitrogens with one attached hydrogen (secondary N) is 5. The van der Waals surface area contributed by atoms with Crippen LogP contribution < -0.4 is 26.0 Å². The molecule has 2 atom stereocenters. The van der Waals surface area contributed by atoms with Crippen LogP contribution in [0, 0.1) is 11.8 Å². The first-order valence-corrected chi connectivity index (χ1v) is 26.9. The van der Waals surface area contributed by atoms with Gasteiger partial charge in [0.2, 0.25) is 23.6 Å². The van der Waals surface area contributed by atoms with Crippen LogP contribution in [0.3, 0.4) is 0 Å². The molecule has 0 aromatic heterocycles. The lowest BCUT2D eigenvalue weighted by atomic mass is 9.81. The fourth-order valence-electron chi connectivity index (χ4n) is 8.14. The normalized spacial score (nSPS) is 15.4. The highest BCUT2D eigenvalue weighted by Crippen LogP contribution is 2.29. The van der Waals surface area contributed by atoms with E-state index in [1.54, 1.807) is 0 Å². The van der Waals surface area contributed by atoms with Crippen molar-refractivity contribution in [3.8, 4) is 0 Å². The Hall–Kier alpha value is -3.56. The second-order valence-electron chi connectivity index (χ2n) is 18.4. The van der Waals surface area contributed by atoms with Crippen molar-refractivity contribution in [2.45, 2.75) is 192 Å². The number of unbranched alkanes of at least 4 members (excludes halogenated alkanes) is 16. The summed E-state index contributed by atoms with van der Waals surface area (Å²) >= 11 is 3.80. The summed E-state index contributed by atoms with van der Waals surface area (Å²) in [6.07, 6.45) is 24.2. The fraction of sp³-hybridized carbons (Fsp3) is 0.860. The monoisotopic (exact) mass is 1020 g/mol. The number of carboxylic acids is 3. The topological polar surface area (TPSA) is 277 Å². The largest absolute Gasteiger partial charge is 0.481 e. The summed E-state index contributed by atoms with van der Waals surface area (Å²) in [5.41, 5.74) is 0. The fourth-order valence-corrected chi connectivity index (χ4v) is 8.38. The Balaban J connectivity index is 1.96. The Morgan fingerprint density at radius 1 is 0.443 bits per heavy atom. The zero-order valence-electron chi connectivity index (χ0n) is 42.2. The van der Waals surface area contributed by atoms with E-state index in [1.807, 2.05) is 0 Å². The number of hydrogen-bond acceptors (Lipinski definition) is 13. The van der Waals surface area contributed by atoms with E-state index < -0.39 is 30.0 Å². The van der Waals surface area contributed by atoms with Crippen LogP contribution in [0.4, 0.5) is 0 Å². The first-order valence-electron chi connectivity index (χ1n) is 26.4. The van der Waals surface area contributed by atoms with Gasteiger partial charge in [-0.3, -0.25) is 33.5 Å². The molecule has 0 aromatic carbocycles. The third kappa shape index (κ3) is 39.1. The average molecular weight is 1020 g/mol. The molecule has 70 heavy (non-hydrogen) atoms. The summed E-state index contributed by atoms with van der Waals surface area (Å²) < 4.78 is 24.2. The number of carboxylic acid groups (broad SMARTS) is 3. The summed E-state index contributed by atoms with van der Waals surface area (Å²) in [6, 6.07) is -1.88. The Labute approximate surface area is 423 Å². The molecule has 4 amide bonds. The van der Waals surface area contributed by atoms with Gasteiger partial charge in [-0.15, -0.1) is 0 Å². The molecule has 20 heteroatoms. The molecule has 1 aliphatic carbocycles. The third-order valence-electron chi connectivity index (χ3n) is 12.5. The SMILES string of the molecule is O=C(O)CCCCCCCCCCCCCCCCCCC(=O)NC[C@H]1CC[C@H](C(=O)N[C@@H](CCC(=O)NCCOCCOCCOCCOCCC(=O)NCCCC[C@H](NS)C(=O)O)C(=O)O)CC1. The Morgan fingerprint density at radius 3 is 1.39 bits per heavy atom. The van der Waals surface area contributed by atoms with Crippen LogP contribution in [0.15, 0.2) is 0 Å². The molecule has 19 nitrogen and oxygen atoms in total. The van der Waals surface area contributed by atoms with Crippen molar-refractivity contribution < 1.29 is 67.8 Å². The second kappa shape index (κ2) is 45.3. The van der Waals surface area contributed by atoms with Gasteiger partial charge >= 0.3 is 17.9 Å². The third-order valence-corrected chi connectivity index (χ3v) is 12.8. The van der Waals surface area contributed by atoms with E-state index in [2.05, 4.69) is 38.8 Å². The van der Waals surface area contributed by atoms with E-state index in [1.165, 1.54) is 64.2 Å². The summed E-state index contributed by atoms with van der Waals surface area (Å²) in [6.45, 7) is 3.86. The van der Waals surface area contributed by atoms with Gasteiger partial charge in [-0.05, 0) is 70.1 Å². The molecule has 0 unspecified atom stereocenters. The van der Waals surface area contributed by atoms with E-state index in [4.69, 9.17) is 29.2 Å². The minimum Gasteiger partial charge on any atom is -0.481 e. The molecule has 1 aliphatic rings. The number of ether oxygens (including phenoxy) is 4. The van der Waals surface area contributed by atoms with Gasteiger partial charge in [-0.2, -0.15) is 0 Å². The van der Waals surface area contributed by atoms with E-state index >= 15 is 0 Å². The Morgan fingerprint density at radius 2 is 0.886 bits per heavy atom. The average Bonchev–Trinajstić information content (AvgIpc) is 3.33. The molecule has 0 spiro atoms. The van der Waals surface area contributed by atoms with Crippen molar-refractivity contribution in [3.63, 3.8) is 0 Å². The Kier molecular flexibility index (Phi) is 41.7. The lowest BCUT2D eigenvalue weighted by molar-refractivity contribution is -0.143. The second-order valence-corrected chi connectivity index (χ2v) is 18.7. The molecule has 406 valence electrons. The number of rotatable bonds is 49. The van der Waals surface area contributed by atoms with Crippen molar-refractivity contribution in [1.29, 1.82) is 0 Å². The Bertz CT molecular complexity index is 1410. The van der Waals surface area contributed by atoms with Gasteiger partial charge in [0.25, 0.3) is 0 Å². The lowest BCUT2D eigenvalue weighted by Crippen LogP contribution is -2.45. The molecular formula is C50H91N5O14S. The molecule has 0 aliphatic heterocycles. The number of aliphatic carboxylic acids is 3. The van der Waals surface area contributed by atoms with Crippen molar-refractivity contribution in [3.05, 3.63) is 0 Å². The highest BCUT2D eigenvalue weighted by atomic mass is 32.1. The van der Waals surface area contributed by atoms with E-state index in [0.717, 1.165) is 51.4 Å². The summed E-state index contributed by atoms with van der Waals surface area (Å²) in [4.78, 5) is 83.0. The van der Waals surface area contributed by atoms with Crippen LogP contribution in [0.2, 0.25) is 0 Å². The molecule has 1 saturated carbocycles. The molecule has 0 saturated heterocycles. The van der Waals surface area contributed by atoms with Crippen molar-refractivity contribution in [2.24, 2.45) is 11.8 Å². The molecule has 0 radical (unpaired) electrons. The van der Waals surface area contributed by atoms with Crippen LogP contribution in [-0.4, -0.2) is 141 Å². The smallest absolute Gasteiger partial charge is 0.326 e. The molecule has 0 bridgehead atoms.